The normalized spacial score (nSPS) is 11.6. The third kappa shape index (κ3) is 6.85. The molecule has 0 spiro atoms. The van der Waals surface area contributed by atoms with E-state index in [1.54, 1.807) is 11.8 Å². The lowest BCUT2D eigenvalue weighted by molar-refractivity contribution is -0.142. The van der Waals surface area contributed by atoms with Crippen molar-refractivity contribution in [3.63, 3.8) is 0 Å². The molecule has 156 valence electrons. The Morgan fingerprint density at radius 3 is 2.31 bits per heavy atom. The van der Waals surface area contributed by atoms with Gasteiger partial charge in [0.1, 0.15) is 11.8 Å². The summed E-state index contributed by atoms with van der Waals surface area (Å²) in [5, 5.41) is 2.78. The number of nitrogens with one attached hydrogen (secondary N) is 1. The summed E-state index contributed by atoms with van der Waals surface area (Å²) in [4.78, 5) is 26.9. The summed E-state index contributed by atoms with van der Waals surface area (Å²) in [6.45, 7) is 6.35. The molecular formula is C22H26Br2N2O3. The molecule has 2 aromatic carbocycles. The van der Waals surface area contributed by atoms with Crippen molar-refractivity contribution < 1.29 is 14.3 Å². The number of carbonyl (C=O) groups is 2. The zero-order valence-electron chi connectivity index (χ0n) is 16.9. The minimum absolute atomic E-state index is 0.148. The summed E-state index contributed by atoms with van der Waals surface area (Å²) in [7, 11) is 0. The molecular weight excluding hydrogens is 500 g/mol. The van der Waals surface area contributed by atoms with Crippen molar-refractivity contribution in [1.29, 1.82) is 0 Å². The van der Waals surface area contributed by atoms with Crippen LogP contribution in [0.2, 0.25) is 0 Å². The van der Waals surface area contributed by atoms with E-state index in [2.05, 4.69) is 44.1 Å². The predicted molar refractivity (Wildman–Crippen MR) is 122 cm³/mol. The van der Waals surface area contributed by atoms with Crippen molar-refractivity contribution in [2.45, 2.75) is 39.8 Å². The van der Waals surface area contributed by atoms with Gasteiger partial charge in [-0.3, -0.25) is 9.59 Å². The van der Waals surface area contributed by atoms with E-state index in [1.807, 2.05) is 49.4 Å². The van der Waals surface area contributed by atoms with Crippen LogP contribution in [0.25, 0.3) is 0 Å². The lowest BCUT2D eigenvalue weighted by atomic mass is 10.1. The highest BCUT2D eigenvalue weighted by molar-refractivity contribution is 9.10. The number of hydrogen-bond donors (Lipinski definition) is 1. The minimum atomic E-state index is -0.611. The van der Waals surface area contributed by atoms with Crippen LogP contribution in [0.1, 0.15) is 31.9 Å². The molecule has 0 aliphatic rings. The average Bonchev–Trinajstić information content (AvgIpc) is 2.71. The number of nitrogens with zero attached hydrogens (tertiary/aromatic N) is 1. The van der Waals surface area contributed by atoms with E-state index in [1.165, 1.54) is 5.56 Å². The first-order valence-electron chi connectivity index (χ1n) is 9.58. The van der Waals surface area contributed by atoms with Gasteiger partial charge < -0.3 is 15.0 Å². The number of hydrogen-bond acceptors (Lipinski definition) is 3. The lowest BCUT2D eigenvalue weighted by Crippen LogP contribution is -2.49. The molecule has 0 aliphatic heterocycles. The topological polar surface area (TPSA) is 58.6 Å². The Labute approximate surface area is 189 Å². The van der Waals surface area contributed by atoms with Gasteiger partial charge in [-0.25, -0.2) is 0 Å². The molecule has 7 heteroatoms. The molecule has 2 aromatic rings. The van der Waals surface area contributed by atoms with E-state index in [-0.39, 0.29) is 18.4 Å². The van der Waals surface area contributed by atoms with E-state index in [0.29, 0.717) is 18.8 Å². The summed E-state index contributed by atoms with van der Waals surface area (Å²) in [5.74, 6) is 0.161. The summed E-state index contributed by atoms with van der Waals surface area (Å²) in [6, 6.07) is 12.9. The van der Waals surface area contributed by atoms with Gasteiger partial charge in [-0.1, -0.05) is 41.1 Å². The van der Waals surface area contributed by atoms with Gasteiger partial charge in [0, 0.05) is 17.6 Å². The largest absolute Gasteiger partial charge is 0.483 e. The second kappa shape index (κ2) is 11.4. The van der Waals surface area contributed by atoms with Gasteiger partial charge in [0.2, 0.25) is 5.91 Å². The molecule has 0 aromatic heterocycles. The number of likely N-dealkylation sites (N-methyl/N-ethyl adjacent to an activating group) is 1. The van der Waals surface area contributed by atoms with Crippen molar-refractivity contribution in [2.24, 2.45) is 0 Å². The molecule has 0 saturated heterocycles. The van der Waals surface area contributed by atoms with Gasteiger partial charge in [-0.15, -0.1) is 0 Å². The van der Waals surface area contributed by atoms with Crippen LogP contribution in [0, 0.1) is 0 Å². The second-order valence-electron chi connectivity index (χ2n) is 6.63. The van der Waals surface area contributed by atoms with Crippen molar-refractivity contribution >= 4 is 43.7 Å². The van der Waals surface area contributed by atoms with Crippen LogP contribution in [0.3, 0.4) is 0 Å². The van der Waals surface area contributed by atoms with E-state index in [0.717, 1.165) is 20.9 Å². The number of halogens is 2. The fourth-order valence-corrected chi connectivity index (χ4v) is 3.60. The number of aryl methyl sites for hydroxylation is 1. The van der Waals surface area contributed by atoms with Crippen molar-refractivity contribution in [2.75, 3.05) is 13.2 Å². The lowest BCUT2D eigenvalue weighted by Gasteiger charge is -2.28. The molecule has 0 bridgehead atoms. The number of benzene rings is 2. The highest BCUT2D eigenvalue weighted by atomic mass is 79.9. The highest BCUT2D eigenvalue weighted by Gasteiger charge is 2.26. The van der Waals surface area contributed by atoms with E-state index in [9.17, 15) is 9.59 Å². The first-order valence-corrected chi connectivity index (χ1v) is 11.2. The monoisotopic (exact) mass is 524 g/mol. The van der Waals surface area contributed by atoms with E-state index in [4.69, 9.17) is 4.74 Å². The minimum Gasteiger partial charge on any atom is -0.483 e. The Morgan fingerprint density at radius 2 is 1.72 bits per heavy atom. The molecule has 0 radical (unpaired) electrons. The Morgan fingerprint density at radius 1 is 1.07 bits per heavy atom. The molecule has 0 heterocycles. The highest BCUT2D eigenvalue weighted by Crippen LogP contribution is 2.26. The van der Waals surface area contributed by atoms with Gasteiger partial charge in [0.05, 0.1) is 4.47 Å². The van der Waals surface area contributed by atoms with Crippen LogP contribution < -0.4 is 10.1 Å². The van der Waals surface area contributed by atoms with Gasteiger partial charge in [0.15, 0.2) is 6.61 Å². The number of amides is 2. The van der Waals surface area contributed by atoms with Crippen LogP contribution >= 0.6 is 31.9 Å². The third-order valence-electron chi connectivity index (χ3n) is 4.54. The Kier molecular flexibility index (Phi) is 9.17. The zero-order valence-corrected chi connectivity index (χ0v) is 20.0. The van der Waals surface area contributed by atoms with Gasteiger partial charge in [0.25, 0.3) is 5.91 Å². The number of carbonyl (C=O) groups excluding carboxylic acids is 2. The van der Waals surface area contributed by atoms with Crippen LogP contribution in [0.5, 0.6) is 5.75 Å². The molecule has 29 heavy (non-hydrogen) atoms. The number of ether oxygens (including phenoxy) is 1. The second-order valence-corrected chi connectivity index (χ2v) is 8.40. The van der Waals surface area contributed by atoms with Gasteiger partial charge in [-0.05, 0) is 71.6 Å². The summed E-state index contributed by atoms with van der Waals surface area (Å²) >= 11 is 6.90. The maximum atomic E-state index is 13.0. The average molecular weight is 526 g/mol. The standard InChI is InChI=1S/C22H26Br2N2O3/c1-4-16-8-11-20(19(24)12-16)29-14-21(27)26(15(3)22(28)25-5-2)13-17-6-9-18(23)10-7-17/h6-12,15H,4-5,13-14H2,1-3H3,(H,25,28)/t15-/m1/s1. The molecule has 2 rings (SSSR count). The summed E-state index contributed by atoms with van der Waals surface area (Å²) in [5.41, 5.74) is 2.11. The van der Waals surface area contributed by atoms with Gasteiger partial charge in [-0.2, -0.15) is 0 Å². The van der Waals surface area contributed by atoms with Crippen molar-refractivity contribution in [3.8, 4) is 5.75 Å². The first-order chi connectivity index (χ1) is 13.8. The SMILES string of the molecule is CCNC(=O)[C@@H](C)N(Cc1ccc(Br)cc1)C(=O)COc1ccc(CC)cc1Br. The third-order valence-corrected chi connectivity index (χ3v) is 5.69. The summed E-state index contributed by atoms with van der Waals surface area (Å²) < 4.78 is 7.51. The quantitative estimate of drug-likeness (QED) is 0.516. The van der Waals surface area contributed by atoms with Crippen LogP contribution in [-0.4, -0.2) is 35.9 Å². The molecule has 0 aliphatic carbocycles. The maximum Gasteiger partial charge on any atom is 0.261 e. The Hall–Kier alpha value is -1.86. The van der Waals surface area contributed by atoms with Crippen molar-refractivity contribution in [1.82, 2.24) is 10.2 Å². The van der Waals surface area contributed by atoms with Gasteiger partial charge >= 0.3 is 0 Å². The number of rotatable bonds is 9. The molecule has 1 N–H and O–H groups in total. The smallest absolute Gasteiger partial charge is 0.261 e. The molecule has 0 fully saturated rings. The molecule has 2 amide bonds. The van der Waals surface area contributed by atoms with Crippen LogP contribution in [0.15, 0.2) is 51.4 Å². The molecule has 0 unspecified atom stereocenters. The maximum absolute atomic E-state index is 13.0. The fraction of sp³-hybridized carbons (Fsp3) is 0.364. The molecule has 0 saturated carbocycles. The van der Waals surface area contributed by atoms with E-state index >= 15 is 0 Å². The van der Waals surface area contributed by atoms with Crippen LogP contribution in [0.4, 0.5) is 0 Å². The Balaban J connectivity index is 2.14. The first kappa shape index (κ1) is 23.4. The fourth-order valence-electron chi connectivity index (χ4n) is 2.79. The Bertz CT molecular complexity index is 840. The van der Waals surface area contributed by atoms with Crippen molar-refractivity contribution in [3.05, 3.63) is 62.5 Å². The molecule has 5 nitrogen and oxygen atoms in total. The van der Waals surface area contributed by atoms with E-state index < -0.39 is 6.04 Å². The molecule has 1 atom stereocenters. The van der Waals surface area contributed by atoms with Crippen LogP contribution in [-0.2, 0) is 22.6 Å². The zero-order chi connectivity index (χ0) is 21.4. The predicted octanol–water partition coefficient (Wildman–Crippen LogP) is 4.71. The summed E-state index contributed by atoms with van der Waals surface area (Å²) in [6.07, 6.45) is 0.919.